The molecule has 5 nitrogen and oxygen atoms in total. The fourth-order valence-electron chi connectivity index (χ4n) is 2.10. The number of anilines is 2. The molecule has 0 spiro atoms. The standard InChI is InChI=1S/C10H17N5/c1-15-3-2-7(6-15)4-8-5-13-10(12)14-9(8)11/h5,7H,2-4,6H2,1H3,(H4,11,12,13,14)/t7-/m0/s1. The van der Waals surface area contributed by atoms with Gasteiger partial charge in [-0.1, -0.05) is 0 Å². The molecule has 5 heteroatoms. The number of hydrogen-bond acceptors (Lipinski definition) is 5. The number of likely N-dealkylation sites (tertiary alicyclic amines) is 1. The highest BCUT2D eigenvalue weighted by atomic mass is 15.1. The second-order valence-electron chi connectivity index (χ2n) is 4.26. The molecule has 1 saturated heterocycles. The van der Waals surface area contributed by atoms with E-state index in [1.54, 1.807) is 6.20 Å². The Morgan fingerprint density at radius 2 is 2.33 bits per heavy atom. The van der Waals surface area contributed by atoms with Crippen molar-refractivity contribution < 1.29 is 0 Å². The lowest BCUT2D eigenvalue weighted by atomic mass is 10.0. The highest BCUT2D eigenvalue weighted by Gasteiger charge is 2.20. The maximum Gasteiger partial charge on any atom is 0.221 e. The third-order valence-electron chi connectivity index (χ3n) is 2.91. The molecule has 1 fully saturated rings. The van der Waals surface area contributed by atoms with Gasteiger partial charge in [-0.15, -0.1) is 0 Å². The fourth-order valence-corrected chi connectivity index (χ4v) is 2.10. The van der Waals surface area contributed by atoms with Gasteiger partial charge in [0.25, 0.3) is 0 Å². The van der Waals surface area contributed by atoms with Crippen molar-refractivity contribution in [2.45, 2.75) is 12.8 Å². The monoisotopic (exact) mass is 207 g/mol. The van der Waals surface area contributed by atoms with Gasteiger partial charge in [0.15, 0.2) is 0 Å². The van der Waals surface area contributed by atoms with Crippen molar-refractivity contribution in [1.29, 1.82) is 0 Å². The molecule has 2 heterocycles. The Balaban J connectivity index is 2.04. The summed E-state index contributed by atoms with van der Waals surface area (Å²) in [5.74, 6) is 1.45. The normalized spacial score (nSPS) is 22.1. The van der Waals surface area contributed by atoms with Crippen LogP contribution in [-0.4, -0.2) is 35.0 Å². The van der Waals surface area contributed by atoms with E-state index < -0.39 is 0 Å². The van der Waals surface area contributed by atoms with Gasteiger partial charge in [0.1, 0.15) is 5.82 Å². The van der Waals surface area contributed by atoms with Crippen LogP contribution in [0.4, 0.5) is 11.8 Å². The highest BCUT2D eigenvalue weighted by molar-refractivity contribution is 5.41. The molecule has 0 amide bonds. The number of hydrogen-bond donors (Lipinski definition) is 2. The van der Waals surface area contributed by atoms with Crippen LogP contribution in [0.15, 0.2) is 6.20 Å². The molecule has 1 aliphatic heterocycles. The fraction of sp³-hybridized carbons (Fsp3) is 0.600. The number of nitrogens with zero attached hydrogens (tertiary/aromatic N) is 3. The zero-order valence-electron chi connectivity index (χ0n) is 8.98. The number of nitrogen functional groups attached to an aromatic ring is 2. The van der Waals surface area contributed by atoms with E-state index in [0.717, 1.165) is 18.5 Å². The van der Waals surface area contributed by atoms with Gasteiger partial charge in [-0.25, -0.2) is 4.98 Å². The van der Waals surface area contributed by atoms with Crippen LogP contribution in [0, 0.1) is 5.92 Å². The first kappa shape index (κ1) is 10.2. The summed E-state index contributed by atoms with van der Waals surface area (Å²) in [5.41, 5.74) is 12.3. The Bertz CT molecular complexity index is 352. The molecule has 2 rings (SSSR count). The van der Waals surface area contributed by atoms with Crippen LogP contribution in [0.3, 0.4) is 0 Å². The molecule has 0 aromatic carbocycles. The lowest BCUT2D eigenvalue weighted by molar-refractivity contribution is 0.394. The van der Waals surface area contributed by atoms with Crippen molar-refractivity contribution in [2.75, 3.05) is 31.6 Å². The van der Waals surface area contributed by atoms with Gasteiger partial charge in [-0.05, 0) is 32.4 Å². The van der Waals surface area contributed by atoms with E-state index in [-0.39, 0.29) is 5.95 Å². The average molecular weight is 207 g/mol. The van der Waals surface area contributed by atoms with Crippen LogP contribution in [0.5, 0.6) is 0 Å². The molecule has 0 unspecified atom stereocenters. The largest absolute Gasteiger partial charge is 0.383 e. The Hall–Kier alpha value is -1.36. The van der Waals surface area contributed by atoms with E-state index in [1.165, 1.54) is 13.0 Å². The number of rotatable bonds is 2. The molecule has 1 atom stereocenters. The maximum absolute atomic E-state index is 5.79. The summed E-state index contributed by atoms with van der Waals surface area (Å²) in [6.07, 6.45) is 3.92. The predicted molar refractivity (Wildman–Crippen MR) is 60.2 cm³/mol. The topological polar surface area (TPSA) is 81.1 Å². The third kappa shape index (κ3) is 2.36. The first-order valence-electron chi connectivity index (χ1n) is 5.20. The lowest BCUT2D eigenvalue weighted by Gasteiger charge is -2.11. The maximum atomic E-state index is 5.79. The van der Waals surface area contributed by atoms with Crippen LogP contribution in [-0.2, 0) is 6.42 Å². The zero-order chi connectivity index (χ0) is 10.8. The minimum atomic E-state index is 0.250. The molecule has 4 N–H and O–H groups in total. The zero-order valence-corrected chi connectivity index (χ0v) is 8.98. The summed E-state index contributed by atoms with van der Waals surface area (Å²) in [5, 5.41) is 0. The molecule has 1 aliphatic rings. The van der Waals surface area contributed by atoms with Gasteiger partial charge < -0.3 is 16.4 Å². The van der Waals surface area contributed by atoms with E-state index >= 15 is 0 Å². The van der Waals surface area contributed by atoms with E-state index in [1.807, 2.05) is 0 Å². The van der Waals surface area contributed by atoms with Crippen molar-refractivity contribution in [3.05, 3.63) is 11.8 Å². The van der Waals surface area contributed by atoms with Gasteiger partial charge in [-0.3, -0.25) is 0 Å². The third-order valence-corrected chi connectivity index (χ3v) is 2.91. The van der Waals surface area contributed by atoms with E-state index in [9.17, 15) is 0 Å². The highest BCUT2D eigenvalue weighted by Crippen LogP contribution is 2.21. The number of nitrogens with two attached hydrogens (primary N) is 2. The van der Waals surface area contributed by atoms with Crippen molar-refractivity contribution in [3.63, 3.8) is 0 Å². The average Bonchev–Trinajstić information content (AvgIpc) is 2.56. The molecule has 0 aliphatic carbocycles. The molecule has 1 aromatic heterocycles. The van der Waals surface area contributed by atoms with Crippen molar-refractivity contribution in [2.24, 2.45) is 5.92 Å². The van der Waals surface area contributed by atoms with Crippen LogP contribution in [0.1, 0.15) is 12.0 Å². The van der Waals surface area contributed by atoms with E-state index in [2.05, 4.69) is 21.9 Å². The van der Waals surface area contributed by atoms with Crippen LogP contribution < -0.4 is 11.5 Å². The molecular weight excluding hydrogens is 190 g/mol. The van der Waals surface area contributed by atoms with Gasteiger partial charge in [0.2, 0.25) is 5.95 Å². The molecule has 0 saturated carbocycles. The van der Waals surface area contributed by atoms with Crippen molar-refractivity contribution in [3.8, 4) is 0 Å². The molecule has 1 aromatic rings. The molecule has 82 valence electrons. The van der Waals surface area contributed by atoms with Gasteiger partial charge in [0.05, 0.1) is 0 Å². The molecular formula is C10H17N5. The van der Waals surface area contributed by atoms with Gasteiger partial charge >= 0.3 is 0 Å². The Kier molecular flexibility index (Phi) is 2.73. The lowest BCUT2D eigenvalue weighted by Crippen LogP contribution is -2.15. The second-order valence-corrected chi connectivity index (χ2v) is 4.26. The van der Waals surface area contributed by atoms with Crippen LogP contribution in [0.2, 0.25) is 0 Å². The second kappa shape index (κ2) is 4.02. The molecule has 0 bridgehead atoms. The number of aromatic nitrogens is 2. The first-order valence-corrected chi connectivity index (χ1v) is 5.20. The van der Waals surface area contributed by atoms with Crippen molar-refractivity contribution in [1.82, 2.24) is 14.9 Å². The summed E-state index contributed by atoms with van der Waals surface area (Å²) >= 11 is 0. The summed E-state index contributed by atoms with van der Waals surface area (Å²) in [4.78, 5) is 10.3. The molecule has 15 heavy (non-hydrogen) atoms. The Morgan fingerprint density at radius 1 is 1.53 bits per heavy atom. The molecule has 0 radical (unpaired) electrons. The SMILES string of the molecule is CN1CC[C@@H](Cc2cnc(N)nc2N)C1. The smallest absolute Gasteiger partial charge is 0.221 e. The van der Waals surface area contributed by atoms with Gasteiger partial charge in [0, 0.05) is 18.3 Å². The van der Waals surface area contributed by atoms with Crippen LogP contribution >= 0.6 is 0 Å². The summed E-state index contributed by atoms with van der Waals surface area (Å²) in [7, 11) is 2.14. The summed E-state index contributed by atoms with van der Waals surface area (Å²) in [6, 6.07) is 0. The van der Waals surface area contributed by atoms with Crippen LogP contribution in [0.25, 0.3) is 0 Å². The Morgan fingerprint density at radius 3 is 2.93 bits per heavy atom. The minimum Gasteiger partial charge on any atom is -0.383 e. The Labute approximate surface area is 89.5 Å². The predicted octanol–water partition coefficient (Wildman–Crippen LogP) is 0.135. The van der Waals surface area contributed by atoms with Gasteiger partial charge in [-0.2, -0.15) is 4.98 Å². The van der Waals surface area contributed by atoms with Crippen molar-refractivity contribution >= 4 is 11.8 Å². The minimum absolute atomic E-state index is 0.250. The van der Waals surface area contributed by atoms with E-state index in [0.29, 0.717) is 11.7 Å². The summed E-state index contributed by atoms with van der Waals surface area (Å²) < 4.78 is 0. The van der Waals surface area contributed by atoms with E-state index in [4.69, 9.17) is 11.5 Å². The first-order chi connectivity index (χ1) is 7.15. The quantitative estimate of drug-likeness (QED) is 0.720. The summed E-state index contributed by atoms with van der Waals surface area (Å²) in [6.45, 7) is 2.30.